The van der Waals surface area contributed by atoms with Gasteiger partial charge in [-0.15, -0.1) is 0 Å². The normalized spacial score (nSPS) is 21.5. The standard InChI is InChI=1S/C16H21NO3/c1-3-20-16(19)15-11-14(18)9-10-17(15)12(2)13-7-5-4-6-8-13/h4-8,12,15H,3,9-11H2,1-2H3/t12-,15-/m1/s1. The number of ether oxygens (including phenoxy) is 1. The lowest BCUT2D eigenvalue weighted by Crippen LogP contribution is -2.49. The Bertz CT molecular complexity index is 472. The number of piperidine rings is 1. The van der Waals surface area contributed by atoms with Gasteiger partial charge in [0.15, 0.2) is 0 Å². The maximum absolute atomic E-state index is 12.1. The van der Waals surface area contributed by atoms with Crippen LogP contribution >= 0.6 is 0 Å². The van der Waals surface area contributed by atoms with E-state index in [0.29, 0.717) is 19.6 Å². The van der Waals surface area contributed by atoms with Crippen LogP contribution in [0.1, 0.15) is 38.3 Å². The van der Waals surface area contributed by atoms with E-state index < -0.39 is 6.04 Å². The predicted octanol–water partition coefficient (Wildman–Crippen LogP) is 2.34. The molecule has 0 bridgehead atoms. The first-order valence-corrected chi connectivity index (χ1v) is 7.12. The minimum atomic E-state index is -0.452. The van der Waals surface area contributed by atoms with Crippen molar-refractivity contribution in [2.24, 2.45) is 0 Å². The average Bonchev–Trinajstić information content (AvgIpc) is 2.47. The fourth-order valence-corrected chi connectivity index (χ4v) is 2.69. The Hall–Kier alpha value is -1.68. The smallest absolute Gasteiger partial charge is 0.323 e. The van der Waals surface area contributed by atoms with Gasteiger partial charge in [0.05, 0.1) is 6.61 Å². The molecule has 1 aliphatic heterocycles. The Balaban J connectivity index is 2.18. The second-order valence-corrected chi connectivity index (χ2v) is 5.09. The summed E-state index contributed by atoms with van der Waals surface area (Å²) in [6.07, 6.45) is 0.767. The van der Waals surface area contributed by atoms with Crippen LogP contribution in [0.2, 0.25) is 0 Å². The summed E-state index contributed by atoms with van der Waals surface area (Å²) in [4.78, 5) is 25.8. The van der Waals surface area contributed by atoms with Gasteiger partial charge in [-0.25, -0.2) is 0 Å². The molecule has 1 aliphatic rings. The highest BCUT2D eigenvalue weighted by atomic mass is 16.5. The number of nitrogens with zero attached hydrogens (tertiary/aromatic N) is 1. The lowest BCUT2D eigenvalue weighted by molar-refractivity contribution is -0.154. The van der Waals surface area contributed by atoms with Gasteiger partial charge in [-0.1, -0.05) is 30.3 Å². The maximum Gasteiger partial charge on any atom is 0.323 e. The van der Waals surface area contributed by atoms with Gasteiger partial charge in [0.1, 0.15) is 11.8 Å². The van der Waals surface area contributed by atoms with Crippen molar-refractivity contribution in [2.45, 2.75) is 38.8 Å². The lowest BCUT2D eigenvalue weighted by Gasteiger charge is -2.37. The van der Waals surface area contributed by atoms with Crippen molar-refractivity contribution in [3.05, 3.63) is 35.9 Å². The van der Waals surface area contributed by atoms with E-state index in [2.05, 4.69) is 11.8 Å². The fourth-order valence-electron chi connectivity index (χ4n) is 2.69. The molecule has 20 heavy (non-hydrogen) atoms. The van der Waals surface area contributed by atoms with Crippen LogP contribution in [0.25, 0.3) is 0 Å². The summed E-state index contributed by atoms with van der Waals surface area (Å²) in [6.45, 7) is 4.81. The minimum absolute atomic E-state index is 0.0960. The van der Waals surface area contributed by atoms with E-state index in [1.807, 2.05) is 30.3 Å². The molecule has 0 spiro atoms. The number of benzene rings is 1. The van der Waals surface area contributed by atoms with Gasteiger partial charge in [0.25, 0.3) is 0 Å². The van der Waals surface area contributed by atoms with Gasteiger partial charge in [-0.2, -0.15) is 0 Å². The highest BCUT2D eigenvalue weighted by Gasteiger charge is 2.36. The van der Waals surface area contributed by atoms with Crippen LogP contribution in [0.5, 0.6) is 0 Å². The number of hydrogen-bond donors (Lipinski definition) is 0. The number of esters is 1. The summed E-state index contributed by atoms with van der Waals surface area (Å²) in [7, 11) is 0. The van der Waals surface area contributed by atoms with Gasteiger partial charge in [0, 0.05) is 25.4 Å². The number of likely N-dealkylation sites (tertiary alicyclic amines) is 1. The Morgan fingerprint density at radius 3 is 2.75 bits per heavy atom. The number of hydrogen-bond acceptors (Lipinski definition) is 4. The molecule has 0 N–H and O–H groups in total. The van der Waals surface area contributed by atoms with Crippen molar-refractivity contribution in [3.63, 3.8) is 0 Å². The van der Waals surface area contributed by atoms with Gasteiger partial charge >= 0.3 is 5.97 Å². The number of ketones is 1. The Morgan fingerprint density at radius 2 is 2.10 bits per heavy atom. The number of carbonyl (C=O) groups is 2. The van der Waals surface area contributed by atoms with Crippen molar-refractivity contribution in [1.82, 2.24) is 4.90 Å². The second-order valence-electron chi connectivity index (χ2n) is 5.09. The molecule has 4 nitrogen and oxygen atoms in total. The molecular weight excluding hydrogens is 254 g/mol. The van der Waals surface area contributed by atoms with Gasteiger partial charge < -0.3 is 4.74 Å². The van der Waals surface area contributed by atoms with Crippen LogP contribution in [0.3, 0.4) is 0 Å². The molecule has 0 amide bonds. The first-order chi connectivity index (χ1) is 9.63. The van der Waals surface area contributed by atoms with Gasteiger partial charge in [0.2, 0.25) is 0 Å². The molecule has 1 heterocycles. The van der Waals surface area contributed by atoms with Crippen LogP contribution < -0.4 is 0 Å². The molecular formula is C16H21NO3. The number of carbonyl (C=O) groups excluding carboxylic acids is 2. The highest BCUT2D eigenvalue weighted by Crippen LogP contribution is 2.27. The Kier molecular flexibility index (Phi) is 4.90. The predicted molar refractivity (Wildman–Crippen MR) is 76.2 cm³/mol. The zero-order chi connectivity index (χ0) is 14.5. The summed E-state index contributed by atoms with van der Waals surface area (Å²) < 4.78 is 5.11. The zero-order valence-electron chi connectivity index (χ0n) is 12.0. The van der Waals surface area contributed by atoms with E-state index in [1.54, 1.807) is 6.92 Å². The van der Waals surface area contributed by atoms with E-state index >= 15 is 0 Å². The third-order valence-electron chi connectivity index (χ3n) is 3.81. The van der Waals surface area contributed by atoms with Crippen molar-refractivity contribution >= 4 is 11.8 Å². The highest BCUT2D eigenvalue weighted by molar-refractivity contribution is 5.87. The number of rotatable bonds is 4. The van der Waals surface area contributed by atoms with Crippen molar-refractivity contribution < 1.29 is 14.3 Å². The Morgan fingerprint density at radius 1 is 1.40 bits per heavy atom. The zero-order valence-corrected chi connectivity index (χ0v) is 12.0. The van der Waals surface area contributed by atoms with Crippen LogP contribution in [0.4, 0.5) is 0 Å². The molecule has 0 aromatic heterocycles. The molecule has 1 aromatic carbocycles. The van der Waals surface area contributed by atoms with E-state index in [4.69, 9.17) is 4.74 Å². The molecule has 4 heteroatoms. The number of Topliss-reactive ketones (excluding diaryl/α,β-unsaturated/α-hetero) is 1. The summed E-state index contributed by atoms with van der Waals surface area (Å²) in [5.74, 6) is -0.150. The fraction of sp³-hybridized carbons (Fsp3) is 0.500. The molecule has 1 saturated heterocycles. The first-order valence-electron chi connectivity index (χ1n) is 7.12. The van der Waals surface area contributed by atoms with Crippen molar-refractivity contribution in [2.75, 3.05) is 13.2 Å². The largest absolute Gasteiger partial charge is 0.465 e. The molecule has 0 aliphatic carbocycles. The van der Waals surface area contributed by atoms with Crippen LogP contribution in [-0.2, 0) is 14.3 Å². The minimum Gasteiger partial charge on any atom is -0.465 e. The topological polar surface area (TPSA) is 46.6 Å². The SMILES string of the molecule is CCOC(=O)[C@H]1CC(=O)CCN1[C@H](C)c1ccccc1. The molecule has 108 valence electrons. The average molecular weight is 275 g/mol. The molecule has 0 radical (unpaired) electrons. The van der Waals surface area contributed by atoms with Crippen LogP contribution in [0.15, 0.2) is 30.3 Å². The van der Waals surface area contributed by atoms with Crippen molar-refractivity contribution in [1.29, 1.82) is 0 Å². The Labute approximate surface area is 119 Å². The third kappa shape index (κ3) is 3.25. The maximum atomic E-state index is 12.1. The van der Waals surface area contributed by atoms with Crippen molar-refractivity contribution in [3.8, 4) is 0 Å². The van der Waals surface area contributed by atoms with Crippen LogP contribution in [0, 0.1) is 0 Å². The monoisotopic (exact) mass is 275 g/mol. The summed E-state index contributed by atoms with van der Waals surface area (Å²) in [5, 5.41) is 0. The van der Waals surface area contributed by atoms with E-state index in [9.17, 15) is 9.59 Å². The first kappa shape index (κ1) is 14.7. The molecule has 1 aromatic rings. The molecule has 2 atom stereocenters. The lowest BCUT2D eigenvalue weighted by atomic mass is 9.96. The van der Waals surface area contributed by atoms with Gasteiger partial charge in [-0.05, 0) is 19.4 Å². The van der Waals surface area contributed by atoms with E-state index in [1.165, 1.54) is 0 Å². The molecule has 0 saturated carbocycles. The quantitative estimate of drug-likeness (QED) is 0.791. The third-order valence-corrected chi connectivity index (χ3v) is 3.81. The second kappa shape index (κ2) is 6.66. The van der Waals surface area contributed by atoms with E-state index in [-0.39, 0.29) is 24.2 Å². The van der Waals surface area contributed by atoms with Crippen LogP contribution in [-0.4, -0.2) is 35.8 Å². The summed E-state index contributed by atoms with van der Waals surface area (Å²) in [5.41, 5.74) is 1.15. The van der Waals surface area contributed by atoms with Gasteiger partial charge in [-0.3, -0.25) is 14.5 Å². The molecule has 0 unspecified atom stereocenters. The summed E-state index contributed by atoms with van der Waals surface area (Å²) in [6, 6.07) is 9.68. The summed E-state index contributed by atoms with van der Waals surface area (Å²) >= 11 is 0. The molecule has 1 fully saturated rings. The van der Waals surface area contributed by atoms with E-state index in [0.717, 1.165) is 5.56 Å². The molecule has 2 rings (SSSR count).